The van der Waals surface area contributed by atoms with Crippen LogP contribution < -0.4 is 0 Å². The molecule has 0 unspecified atom stereocenters. The van der Waals surface area contributed by atoms with Gasteiger partial charge in [0.15, 0.2) is 17.2 Å². The summed E-state index contributed by atoms with van der Waals surface area (Å²) in [5, 5.41) is 22.6. The molecule has 5 aromatic rings. The van der Waals surface area contributed by atoms with Gasteiger partial charge in [-0.25, -0.2) is 14.8 Å². The van der Waals surface area contributed by atoms with E-state index in [-0.39, 0.29) is 22.9 Å². The summed E-state index contributed by atoms with van der Waals surface area (Å²) in [6.45, 7) is 15.8. The Labute approximate surface area is 194 Å². The summed E-state index contributed by atoms with van der Waals surface area (Å²) >= 11 is 0. The van der Waals surface area contributed by atoms with Crippen LogP contribution in [0.3, 0.4) is 0 Å². The molecular weight excluding hydrogens is 432 g/mol. The molecule has 1 N–H and O–H groups in total. The smallest absolute Gasteiger partial charge is 0.261 e. The van der Waals surface area contributed by atoms with Crippen LogP contribution in [0, 0.1) is 13.5 Å². The number of nitrogens with one attached hydrogen (secondary N) is 1. The SMILES string of the molecule is [C-]#[N+]c1c(-c2ccccn2)nn(-c2ncccn2)c1/N=N/c1c(C(C)(C)C)nn2nc(C)[nH]c12. The summed E-state index contributed by atoms with van der Waals surface area (Å²) in [7, 11) is 0. The Hall–Kier alpha value is -4.79. The minimum absolute atomic E-state index is 0.191. The van der Waals surface area contributed by atoms with Gasteiger partial charge in [-0.1, -0.05) is 26.8 Å². The summed E-state index contributed by atoms with van der Waals surface area (Å²) in [6.07, 6.45) is 4.83. The molecule has 168 valence electrons. The molecule has 0 saturated heterocycles. The fourth-order valence-electron chi connectivity index (χ4n) is 3.43. The molecule has 12 heteroatoms. The Morgan fingerprint density at radius 2 is 1.74 bits per heavy atom. The molecule has 0 aliphatic rings. The van der Waals surface area contributed by atoms with E-state index in [4.69, 9.17) is 6.57 Å². The highest BCUT2D eigenvalue weighted by molar-refractivity contribution is 5.82. The van der Waals surface area contributed by atoms with Gasteiger partial charge in [-0.15, -0.1) is 20.0 Å². The third-order valence-corrected chi connectivity index (χ3v) is 4.94. The molecule has 0 aliphatic heterocycles. The quantitative estimate of drug-likeness (QED) is 0.311. The standard InChI is InChI=1S/C22H20N12/c1-13-27-19-17(18(22(2,3)4)32-34(19)30-13)28-29-20-16(23-5)15(14-9-6-7-10-24-14)31-33(20)21-25-11-8-12-26-21/h6-12H,1-4H3,(H,27,30)/b29-28+. The topological polar surface area (TPSA) is 132 Å². The van der Waals surface area contributed by atoms with Crippen LogP contribution in [-0.4, -0.2) is 44.5 Å². The third-order valence-electron chi connectivity index (χ3n) is 4.94. The van der Waals surface area contributed by atoms with Crippen molar-refractivity contribution in [3.63, 3.8) is 0 Å². The van der Waals surface area contributed by atoms with Crippen molar-refractivity contribution < 1.29 is 0 Å². The molecule has 34 heavy (non-hydrogen) atoms. The minimum atomic E-state index is -0.318. The number of pyridine rings is 1. The number of azo groups is 1. The van der Waals surface area contributed by atoms with Crippen LogP contribution in [0.4, 0.5) is 17.2 Å². The maximum atomic E-state index is 7.85. The first-order valence-electron chi connectivity index (χ1n) is 10.4. The molecule has 0 aliphatic carbocycles. The van der Waals surface area contributed by atoms with Crippen LogP contribution in [-0.2, 0) is 5.41 Å². The van der Waals surface area contributed by atoms with Crippen molar-refractivity contribution >= 4 is 22.8 Å². The van der Waals surface area contributed by atoms with Gasteiger partial charge in [0.25, 0.3) is 11.6 Å². The number of aromatic amines is 1. The highest BCUT2D eigenvalue weighted by Crippen LogP contribution is 2.41. The van der Waals surface area contributed by atoms with Crippen LogP contribution in [0.15, 0.2) is 53.1 Å². The fraction of sp³-hybridized carbons (Fsp3) is 0.227. The van der Waals surface area contributed by atoms with Gasteiger partial charge in [-0.05, 0) is 25.1 Å². The van der Waals surface area contributed by atoms with Crippen LogP contribution in [0.5, 0.6) is 0 Å². The molecule has 0 spiro atoms. The van der Waals surface area contributed by atoms with Crippen LogP contribution in [0.1, 0.15) is 32.3 Å². The lowest BCUT2D eigenvalue weighted by Gasteiger charge is -2.15. The summed E-state index contributed by atoms with van der Waals surface area (Å²) in [5.41, 5.74) is 2.63. The number of hydrogen-bond donors (Lipinski definition) is 1. The number of aryl methyl sites for hydroxylation is 1. The van der Waals surface area contributed by atoms with E-state index in [1.165, 1.54) is 9.31 Å². The monoisotopic (exact) mass is 452 g/mol. The van der Waals surface area contributed by atoms with Crippen molar-refractivity contribution in [2.24, 2.45) is 10.2 Å². The van der Waals surface area contributed by atoms with E-state index in [0.29, 0.717) is 34.2 Å². The van der Waals surface area contributed by atoms with E-state index in [1.807, 2.05) is 33.8 Å². The van der Waals surface area contributed by atoms with E-state index in [1.54, 1.807) is 36.8 Å². The minimum Gasteiger partial charge on any atom is -0.324 e. The number of hydrogen-bond acceptors (Lipinski definition) is 8. The largest absolute Gasteiger partial charge is 0.324 e. The van der Waals surface area contributed by atoms with E-state index >= 15 is 0 Å². The molecule has 12 nitrogen and oxygen atoms in total. The Morgan fingerprint density at radius 1 is 0.971 bits per heavy atom. The molecular formula is C22H20N12. The Bertz CT molecular complexity index is 1540. The van der Waals surface area contributed by atoms with Crippen LogP contribution in [0.2, 0.25) is 0 Å². The number of fused-ring (bicyclic) bond motifs is 1. The zero-order valence-electron chi connectivity index (χ0n) is 19.0. The second-order valence-electron chi connectivity index (χ2n) is 8.50. The first kappa shape index (κ1) is 21.1. The highest BCUT2D eigenvalue weighted by Gasteiger charge is 2.27. The molecule has 0 bridgehead atoms. The highest BCUT2D eigenvalue weighted by atomic mass is 15.5. The summed E-state index contributed by atoms with van der Waals surface area (Å²) in [6, 6.07) is 7.10. The number of H-pyrrole nitrogens is 1. The second-order valence-corrected chi connectivity index (χ2v) is 8.50. The van der Waals surface area contributed by atoms with Crippen molar-refractivity contribution in [3.05, 3.63) is 65.8 Å². The molecule has 0 radical (unpaired) electrons. The van der Waals surface area contributed by atoms with Crippen LogP contribution >= 0.6 is 0 Å². The lowest BCUT2D eigenvalue weighted by molar-refractivity contribution is 0.557. The lowest BCUT2D eigenvalue weighted by atomic mass is 9.91. The molecule has 0 fully saturated rings. The van der Waals surface area contributed by atoms with E-state index < -0.39 is 0 Å². The van der Waals surface area contributed by atoms with Gasteiger partial charge in [0.05, 0.1) is 18.0 Å². The fourth-order valence-corrected chi connectivity index (χ4v) is 3.43. The number of rotatable bonds is 4. The number of nitrogens with zero attached hydrogens (tertiary/aromatic N) is 11. The van der Waals surface area contributed by atoms with Crippen molar-refractivity contribution in [1.82, 2.24) is 44.5 Å². The van der Waals surface area contributed by atoms with Crippen molar-refractivity contribution in [1.29, 1.82) is 0 Å². The first-order valence-corrected chi connectivity index (χ1v) is 10.4. The summed E-state index contributed by atoms with van der Waals surface area (Å²) < 4.78 is 2.91. The van der Waals surface area contributed by atoms with Crippen LogP contribution in [0.25, 0.3) is 27.8 Å². The number of aromatic nitrogens is 9. The predicted octanol–water partition coefficient (Wildman–Crippen LogP) is 4.67. The maximum absolute atomic E-state index is 7.85. The maximum Gasteiger partial charge on any atom is 0.261 e. The van der Waals surface area contributed by atoms with Gasteiger partial charge in [-0.2, -0.15) is 14.9 Å². The predicted molar refractivity (Wildman–Crippen MR) is 124 cm³/mol. The average Bonchev–Trinajstić information content (AvgIpc) is 3.48. The molecule has 5 heterocycles. The first-order chi connectivity index (χ1) is 16.4. The summed E-state index contributed by atoms with van der Waals surface area (Å²) in [4.78, 5) is 19.8. The molecule has 5 rings (SSSR count). The van der Waals surface area contributed by atoms with E-state index in [0.717, 1.165) is 0 Å². The molecule has 5 aromatic heterocycles. The lowest BCUT2D eigenvalue weighted by Crippen LogP contribution is -2.12. The van der Waals surface area contributed by atoms with Crippen molar-refractivity contribution in [3.8, 4) is 17.3 Å². The Balaban J connectivity index is 1.74. The van der Waals surface area contributed by atoms with E-state index in [9.17, 15) is 0 Å². The summed E-state index contributed by atoms with van der Waals surface area (Å²) in [5.74, 6) is 1.15. The van der Waals surface area contributed by atoms with Gasteiger partial charge < -0.3 is 4.98 Å². The molecule has 0 aromatic carbocycles. The van der Waals surface area contributed by atoms with Gasteiger partial charge in [0.2, 0.25) is 0 Å². The van der Waals surface area contributed by atoms with Gasteiger partial charge in [0, 0.05) is 24.0 Å². The van der Waals surface area contributed by atoms with Gasteiger partial charge in [0.1, 0.15) is 11.5 Å². The average molecular weight is 452 g/mol. The van der Waals surface area contributed by atoms with Gasteiger partial charge in [-0.3, -0.25) is 4.98 Å². The Morgan fingerprint density at radius 3 is 2.41 bits per heavy atom. The zero-order valence-corrected chi connectivity index (χ0v) is 19.0. The molecule has 0 atom stereocenters. The normalized spacial score (nSPS) is 12.0. The molecule has 0 saturated carbocycles. The van der Waals surface area contributed by atoms with E-state index in [2.05, 4.69) is 50.3 Å². The van der Waals surface area contributed by atoms with Gasteiger partial charge >= 0.3 is 0 Å². The zero-order chi connectivity index (χ0) is 23.9. The second kappa shape index (κ2) is 7.96. The Kier molecular flexibility index (Phi) is 4.94. The van der Waals surface area contributed by atoms with Crippen molar-refractivity contribution in [2.75, 3.05) is 0 Å². The molecule has 0 amide bonds. The van der Waals surface area contributed by atoms with Crippen molar-refractivity contribution in [2.45, 2.75) is 33.1 Å². The third kappa shape index (κ3) is 3.58.